The fourth-order valence-corrected chi connectivity index (χ4v) is 2.78. The Morgan fingerprint density at radius 2 is 1.89 bits per heavy atom. The fraction of sp³-hybridized carbons (Fsp3) is 0.600. The van der Waals surface area contributed by atoms with Crippen LogP contribution in [0, 0.1) is 0 Å². The van der Waals surface area contributed by atoms with E-state index in [1.165, 1.54) is 11.1 Å². The second-order valence-corrected chi connectivity index (χ2v) is 4.76. The van der Waals surface area contributed by atoms with Crippen LogP contribution >= 0.6 is 0 Å². The third-order valence-electron chi connectivity index (χ3n) is 3.67. The van der Waals surface area contributed by atoms with Gasteiger partial charge in [-0.25, -0.2) is 0 Å². The lowest BCUT2D eigenvalue weighted by Gasteiger charge is -2.18. The van der Waals surface area contributed by atoms with Crippen molar-refractivity contribution in [2.24, 2.45) is 0 Å². The van der Waals surface area contributed by atoms with Gasteiger partial charge in [-0.3, -0.25) is 0 Å². The molecule has 0 spiro atoms. The number of benzene rings is 1. The minimum absolute atomic E-state index is 0.392. The lowest BCUT2D eigenvalue weighted by atomic mass is 10.1. The quantitative estimate of drug-likeness (QED) is 0.858. The van der Waals surface area contributed by atoms with Gasteiger partial charge < -0.3 is 19.5 Å². The topological polar surface area (TPSA) is 39.7 Å². The molecule has 1 aromatic carbocycles. The largest absolute Gasteiger partial charge is 0.493 e. The van der Waals surface area contributed by atoms with Gasteiger partial charge >= 0.3 is 0 Å². The van der Waals surface area contributed by atoms with E-state index in [0.29, 0.717) is 11.8 Å². The third-order valence-corrected chi connectivity index (χ3v) is 3.67. The summed E-state index contributed by atoms with van der Waals surface area (Å²) in [6, 6.07) is 2.47. The van der Waals surface area contributed by atoms with E-state index in [0.717, 1.165) is 37.3 Å². The van der Waals surface area contributed by atoms with Crippen LogP contribution in [0.2, 0.25) is 0 Å². The van der Waals surface area contributed by atoms with Crippen LogP contribution in [-0.2, 0) is 6.42 Å². The average molecular weight is 265 g/mol. The molecule has 106 valence electrons. The zero-order valence-corrected chi connectivity index (χ0v) is 12.2. The van der Waals surface area contributed by atoms with E-state index in [2.05, 4.69) is 18.3 Å². The Bertz CT molecular complexity index is 446. The molecular weight excluding hydrogens is 242 g/mol. The third kappa shape index (κ3) is 2.50. The first-order valence-corrected chi connectivity index (χ1v) is 6.81. The number of nitrogens with one attached hydrogen (secondary N) is 1. The van der Waals surface area contributed by atoms with E-state index in [9.17, 15) is 0 Å². The van der Waals surface area contributed by atoms with Crippen LogP contribution in [0.25, 0.3) is 0 Å². The Labute approximate surface area is 115 Å². The Hall–Kier alpha value is -1.42. The van der Waals surface area contributed by atoms with E-state index in [1.807, 2.05) is 0 Å². The molecule has 1 atom stereocenters. The van der Waals surface area contributed by atoms with E-state index in [-0.39, 0.29) is 0 Å². The van der Waals surface area contributed by atoms with Crippen LogP contribution < -0.4 is 19.5 Å². The van der Waals surface area contributed by atoms with Crippen molar-refractivity contribution >= 4 is 0 Å². The molecule has 0 fully saturated rings. The molecule has 19 heavy (non-hydrogen) atoms. The normalized spacial score (nSPS) is 17.2. The molecule has 0 heterocycles. The second-order valence-electron chi connectivity index (χ2n) is 4.76. The van der Waals surface area contributed by atoms with E-state index < -0.39 is 0 Å². The molecule has 4 heteroatoms. The fourth-order valence-electron chi connectivity index (χ4n) is 2.78. The summed E-state index contributed by atoms with van der Waals surface area (Å²) in [7, 11) is 4.99. The summed E-state index contributed by atoms with van der Waals surface area (Å²) in [6.07, 6.45) is 3.25. The lowest BCUT2D eigenvalue weighted by molar-refractivity contribution is 0.322. The average Bonchev–Trinajstić information content (AvgIpc) is 2.85. The van der Waals surface area contributed by atoms with Gasteiger partial charge in [-0.15, -0.1) is 0 Å². The SMILES string of the molecule is CCCNC1CCc2c1cc(OC)c(OC)c2OC. The molecule has 1 N–H and O–H groups in total. The molecular formula is C15H23NO3. The minimum atomic E-state index is 0.392. The first-order chi connectivity index (χ1) is 9.26. The molecule has 1 aromatic rings. The molecule has 0 saturated heterocycles. The summed E-state index contributed by atoms with van der Waals surface area (Å²) < 4.78 is 16.4. The van der Waals surface area contributed by atoms with E-state index in [1.54, 1.807) is 21.3 Å². The summed E-state index contributed by atoms with van der Waals surface area (Å²) in [5.74, 6) is 2.25. The summed E-state index contributed by atoms with van der Waals surface area (Å²) >= 11 is 0. The maximum atomic E-state index is 5.54. The number of methoxy groups -OCH3 is 3. The number of fused-ring (bicyclic) bond motifs is 1. The highest BCUT2D eigenvalue weighted by molar-refractivity contribution is 5.61. The first kappa shape index (κ1) is 14.0. The number of ether oxygens (including phenoxy) is 3. The van der Waals surface area contributed by atoms with E-state index in [4.69, 9.17) is 14.2 Å². The van der Waals surface area contributed by atoms with E-state index >= 15 is 0 Å². The lowest BCUT2D eigenvalue weighted by Crippen LogP contribution is -2.19. The van der Waals surface area contributed by atoms with Crippen molar-refractivity contribution in [1.29, 1.82) is 0 Å². The molecule has 1 unspecified atom stereocenters. The van der Waals surface area contributed by atoms with Crippen LogP contribution in [0.3, 0.4) is 0 Å². The van der Waals surface area contributed by atoms with Crippen molar-refractivity contribution in [1.82, 2.24) is 5.32 Å². The summed E-state index contributed by atoms with van der Waals surface area (Å²) in [6.45, 7) is 3.21. The monoisotopic (exact) mass is 265 g/mol. The first-order valence-electron chi connectivity index (χ1n) is 6.81. The number of hydrogen-bond acceptors (Lipinski definition) is 4. The molecule has 0 aliphatic heterocycles. The van der Waals surface area contributed by atoms with Gasteiger partial charge in [0.15, 0.2) is 11.5 Å². The number of rotatable bonds is 6. The highest BCUT2D eigenvalue weighted by Gasteiger charge is 2.29. The summed E-state index contributed by atoms with van der Waals surface area (Å²) in [4.78, 5) is 0. The highest BCUT2D eigenvalue weighted by Crippen LogP contribution is 2.47. The molecule has 2 rings (SSSR count). The van der Waals surface area contributed by atoms with Gasteiger partial charge in [0.1, 0.15) is 0 Å². The van der Waals surface area contributed by atoms with Gasteiger partial charge in [0.2, 0.25) is 5.75 Å². The standard InChI is InChI=1S/C15H23NO3/c1-5-8-16-12-7-6-10-11(12)9-13(17-2)15(19-4)14(10)18-3/h9,12,16H,5-8H2,1-4H3. The Morgan fingerprint density at radius 1 is 1.16 bits per heavy atom. The van der Waals surface area contributed by atoms with Crippen LogP contribution in [0.4, 0.5) is 0 Å². The van der Waals surface area contributed by atoms with Gasteiger partial charge in [0, 0.05) is 11.6 Å². The molecule has 0 amide bonds. The molecule has 1 aliphatic rings. The smallest absolute Gasteiger partial charge is 0.203 e. The summed E-state index contributed by atoms with van der Waals surface area (Å²) in [5, 5.41) is 3.58. The van der Waals surface area contributed by atoms with Gasteiger partial charge in [0.05, 0.1) is 21.3 Å². The zero-order valence-electron chi connectivity index (χ0n) is 12.2. The van der Waals surface area contributed by atoms with Crippen molar-refractivity contribution in [3.05, 3.63) is 17.2 Å². The maximum absolute atomic E-state index is 5.54. The summed E-state index contributed by atoms with van der Waals surface area (Å²) in [5.41, 5.74) is 2.52. The Kier molecular flexibility index (Phi) is 4.53. The molecule has 4 nitrogen and oxygen atoms in total. The van der Waals surface area contributed by atoms with Gasteiger partial charge in [-0.1, -0.05) is 6.92 Å². The number of hydrogen-bond donors (Lipinski definition) is 1. The molecule has 0 radical (unpaired) electrons. The van der Waals surface area contributed by atoms with Gasteiger partial charge in [-0.05, 0) is 37.4 Å². The van der Waals surface area contributed by atoms with Crippen LogP contribution in [0.15, 0.2) is 6.07 Å². The molecule has 0 bridgehead atoms. The van der Waals surface area contributed by atoms with Crippen molar-refractivity contribution in [3.63, 3.8) is 0 Å². The van der Waals surface area contributed by atoms with Crippen molar-refractivity contribution in [2.45, 2.75) is 32.2 Å². The Balaban J connectivity index is 2.43. The maximum Gasteiger partial charge on any atom is 0.203 e. The minimum Gasteiger partial charge on any atom is -0.493 e. The van der Waals surface area contributed by atoms with Crippen LogP contribution in [0.5, 0.6) is 17.2 Å². The van der Waals surface area contributed by atoms with Crippen molar-refractivity contribution in [2.75, 3.05) is 27.9 Å². The molecule has 1 aliphatic carbocycles. The molecule has 0 aromatic heterocycles. The zero-order chi connectivity index (χ0) is 13.8. The second kappa shape index (κ2) is 6.15. The van der Waals surface area contributed by atoms with Gasteiger partial charge in [0.25, 0.3) is 0 Å². The van der Waals surface area contributed by atoms with Gasteiger partial charge in [-0.2, -0.15) is 0 Å². The van der Waals surface area contributed by atoms with Crippen LogP contribution in [-0.4, -0.2) is 27.9 Å². The van der Waals surface area contributed by atoms with Crippen molar-refractivity contribution in [3.8, 4) is 17.2 Å². The van der Waals surface area contributed by atoms with Crippen LogP contribution in [0.1, 0.15) is 36.9 Å². The predicted octanol–water partition coefficient (Wildman–Crippen LogP) is 2.70. The highest BCUT2D eigenvalue weighted by atomic mass is 16.5. The predicted molar refractivity (Wildman–Crippen MR) is 75.5 cm³/mol. The van der Waals surface area contributed by atoms with Crippen molar-refractivity contribution < 1.29 is 14.2 Å². The Morgan fingerprint density at radius 3 is 2.47 bits per heavy atom. The molecule has 0 saturated carbocycles.